The molecule has 3 fully saturated rings. The van der Waals surface area contributed by atoms with Crippen molar-refractivity contribution in [2.45, 2.75) is 31.1 Å². The van der Waals surface area contributed by atoms with Gasteiger partial charge in [-0.05, 0) is 61.1 Å². The summed E-state index contributed by atoms with van der Waals surface area (Å²) >= 11 is 0. The third-order valence-corrected chi connectivity index (χ3v) is 9.77. The van der Waals surface area contributed by atoms with Crippen LogP contribution in [0.4, 0.5) is 5.69 Å². The van der Waals surface area contributed by atoms with Crippen molar-refractivity contribution in [3.63, 3.8) is 0 Å². The monoisotopic (exact) mass is 577 g/mol. The molecule has 6 atom stereocenters. The molecular weight excluding hydrogens is 546 g/mol. The number of nitrogens with one attached hydrogen (secondary N) is 2. The Morgan fingerprint density at radius 2 is 1.70 bits per heavy atom. The Morgan fingerprint density at radius 1 is 0.953 bits per heavy atom. The molecule has 2 aliphatic carbocycles. The molecule has 43 heavy (non-hydrogen) atoms. The number of hydrogen-bond donors (Lipinski definition) is 3. The van der Waals surface area contributed by atoms with Crippen molar-refractivity contribution in [3.05, 3.63) is 101 Å². The molecule has 3 aromatic rings. The Kier molecular flexibility index (Phi) is 6.16. The summed E-state index contributed by atoms with van der Waals surface area (Å²) in [5, 5.41) is 14.1. The van der Waals surface area contributed by atoms with Crippen LogP contribution in [0.15, 0.2) is 84.4 Å². The number of phenolic OH excluding ortho intramolecular Hbond substituents is 1. The fraction of sp³-hybridized carbons (Fsp3) is 0.294. The zero-order chi connectivity index (χ0) is 30.0. The zero-order valence-electron chi connectivity index (χ0n) is 23.7. The topological polar surface area (TPSA) is 125 Å². The minimum absolute atomic E-state index is 0.0566. The molecule has 2 heterocycles. The number of imide groups is 2. The maximum Gasteiger partial charge on any atom is 0.260 e. The van der Waals surface area contributed by atoms with Crippen LogP contribution in [0.1, 0.15) is 35.4 Å². The Hall–Kier alpha value is -4.92. The maximum absolute atomic E-state index is 15.0. The van der Waals surface area contributed by atoms with Crippen molar-refractivity contribution < 1.29 is 29.0 Å². The standard InChI is InChI=1S/C34H31N3O6/c1-18-8-11-21(12-9-18)36-37-32(41)25-17-24-22(13-14-23-28(24)31(40)35-30(23)39)29(19-10-15-26(38)27(16-19)43-2)34(25,33(37)42)20-6-4-3-5-7-20/h3-13,15-16,23-25,28-29,36,38H,14,17H2,1-2H3,(H,35,39,40)/t23-,24+,25-,28-,29-,34+/m0/s1. The molecule has 0 radical (unpaired) electrons. The third kappa shape index (κ3) is 3.84. The molecule has 9 heteroatoms. The molecule has 1 saturated carbocycles. The number of aryl methyl sites for hydroxylation is 1. The van der Waals surface area contributed by atoms with Crippen molar-refractivity contribution in [3.8, 4) is 11.5 Å². The maximum atomic E-state index is 15.0. The van der Waals surface area contributed by atoms with E-state index in [0.717, 1.165) is 16.1 Å². The van der Waals surface area contributed by atoms with Crippen LogP contribution in [0.3, 0.4) is 0 Å². The summed E-state index contributed by atoms with van der Waals surface area (Å²) in [6.45, 7) is 1.96. The number of methoxy groups -OCH3 is 1. The van der Waals surface area contributed by atoms with Gasteiger partial charge in [0.15, 0.2) is 11.5 Å². The van der Waals surface area contributed by atoms with Gasteiger partial charge in [0.05, 0.1) is 36.0 Å². The summed E-state index contributed by atoms with van der Waals surface area (Å²) < 4.78 is 5.47. The first kappa shape index (κ1) is 26.9. The summed E-state index contributed by atoms with van der Waals surface area (Å²) in [7, 11) is 1.45. The van der Waals surface area contributed by atoms with E-state index in [9.17, 15) is 24.3 Å². The zero-order valence-corrected chi connectivity index (χ0v) is 23.7. The number of anilines is 1. The molecule has 218 valence electrons. The second-order valence-corrected chi connectivity index (χ2v) is 11.9. The number of ether oxygens (including phenoxy) is 1. The van der Waals surface area contributed by atoms with Crippen LogP contribution < -0.4 is 15.5 Å². The van der Waals surface area contributed by atoms with Crippen LogP contribution in [0.25, 0.3) is 0 Å². The predicted molar refractivity (Wildman–Crippen MR) is 157 cm³/mol. The van der Waals surface area contributed by atoms with Crippen molar-refractivity contribution in [2.75, 3.05) is 12.5 Å². The number of allylic oxidation sites excluding steroid dienone is 2. The van der Waals surface area contributed by atoms with Gasteiger partial charge in [-0.2, -0.15) is 5.01 Å². The molecule has 3 aromatic carbocycles. The van der Waals surface area contributed by atoms with Crippen molar-refractivity contribution in [1.29, 1.82) is 0 Å². The lowest BCUT2D eigenvalue weighted by atomic mass is 9.49. The molecule has 2 saturated heterocycles. The Balaban J connectivity index is 1.47. The molecule has 7 rings (SSSR count). The van der Waals surface area contributed by atoms with E-state index in [-0.39, 0.29) is 29.7 Å². The number of carbonyl (C=O) groups excluding carboxylic acids is 4. The van der Waals surface area contributed by atoms with Crippen molar-refractivity contribution in [2.24, 2.45) is 23.7 Å². The average molecular weight is 578 g/mol. The van der Waals surface area contributed by atoms with Gasteiger partial charge in [-0.3, -0.25) is 29.9 Å². The number of rotatable bonds is 5. The normalized spacial score (nSPS) is 29.4. The summed E-state index contributed by atoms with van der Waals surface area (Å²) in [6, 6.07) is 21.7. The van der Waals surface area contributed by atoms with Crippen LogP contribution in [0.2, 0.25) is 0 Å². The SMILES string of the molecule is COc1cc([C@H]2C3=CC[C@@H]4C(=O)NC(=O)[C@@H]4[C@@H]3C[C@H]3C(=O)N(Nc4ccc(C)cc4)C(=O)[C@@]23c2ccccc2)ccc1O. The number of hydrogen-bond acceptors (Lipinski definition) is 7. The highest BCUT2D eigenvalue weighted by atomic mass is 16.5. The van der Waals surface area contributed by atoms with Crippen LogP contribution in [0, 0.1) is 30.6 Å². The van der Waals surface area contributed by atoms with E-state index in [0.29, 0.717) is 23.2 Å². The second-order valence-electron chi connectivity index (χ2n) is 11.9. The molecule has 0 spiro atoms. The van der Waals surface area contributed by atoms with Gasteiger partial charge in [-0.15, -0.1) is 0 Å². The lowest BCUT2D eigenvalue weighted by Gasteiger charge is -2.50. The lowest BCUT2D eigenvalue weighted by molar-refractivity contribution is -0.138. The highest BCUT2D eigenvalue weighted by Crippen LogP contribution is 2.64. The van der Waals surface area contributed by atoms with E-state index < -0.39 is 46.8 Å². The fourth-order valence-corrected chi connectivity index (χ4v) is 7.91. The van der Waals surface area contributed by atoms with E-state index in [1.165, 1.54) is 13.2 Å². The van der Waals surface area contributed by atoms with Gasteiger partial charge in [0.25, 0.3) is 11.8 Å². The van der Waals surface area contributed by atoms with E-state index >= 15 is 0 Å². The minimum Gasteiger partial charge on any atom is -0.504 e. The number of hydrazine groups is 1. The molecule has 0 bridgehead atoms. The second kappa shape index (κ2) is 9.83. The van der Waals surface area contributed by atoms with Crippen LogP contribution in [-0.4, -0.2) is 40.9 Å². The first-order valence-electron chi connectivity index (χ1n) is 14.4. The van der Waals surface area contributed by atoms with Gasteiger partial charge < -0.3 is 9.84 Å². The first-order valence-corrected chi connectivity index (χ1v) is 14.4. The molecule has 0 aromatic heterocycles. The number of fused-ring (bicyclic) bond motifs is 4. The number of carbonyl (C=O) groups is 4. The van der Waals surface area contributed by atoms with Gasteiger partial charge >= 0.3 is 0 Å². The molecule has 9 nitrogen and oxygen atoms in total. The summed E-state index contributed by atoms with van der Waals surface area (Å²) in [5.74, 6) is -4.38. The Bertz CT molecular complexity index is 1700. The van der Waals surface area contributed by atoms with Crippen molar-refractivity contribution in [1.82, 2.24) is 10.3 Å². The van der Waals surface area contributed by atoms with E-state index in [4.69, 9.17) is 4.74 Å². The van der Waals surface area contributed by atoms with E-state index in [1.807, 2.05) is 67.6 Å². The quantitative estimate of drug-likeness (QED) is 0.310. The summed E-state index contributed by atoms with van der Waals surface area (Å²) in [5.41, 5.74) is 5.53. The van der Waals surface area contributed by atoms with Crippen LogP contribution >= 0.6 is 0 Å². The molecule has 4 amide bonds. The van der Waals surface area contributed by atoms with Gasteiger partial charge in [-0.1, -0.05) is 65.7 Å². The molecule has 4 aliphatic rings. The van der Waals surface area contributed by atoms with E-state index in [1.54, 1.807) is 12.1 Å². The predicted octanol–water partition coefficient (Wildman–Crippen LogP) is 3.98. The molecular formula is C34H31N3O6. The summed E-state index contributed by atoms with van der Waals surface area (Å²) in [4.78, 5) is 55.4. The molecule has 0 unspecified atom stereocenters. The van der Waals surface area contributed by atoms with Crippen LogP contribution in [0.5, 0.6) is 11.5 Å². The third-order valence-electron chi connectivity index (χ3n) is 9.77. The highest BCUT2D eigenvalue weighted by Gasteiger charge is 2.70. The molecule has 3 N–H and O–H groups in total. The minimum atomic E-state index is -1.37. The van der Waals surface area contributed by atoms with Crippen LogP contribution in [-0.2, 0) is 24.6 Å². The number of benzene rings is 3. The van der Waals surface area contributed by atoms with Gasteiger partial charge in [-0.25, -0.2) is 0 Å². The van der Waals surface area contributed by atoms with E-state index in [2.05, 4.69) is 10.7 Å². The Labute approximate surface area is 248 Å². The van der Waals surface area contributed by atoms with Gasteiger partial charge in [0.2, 0.25) is 11.8 Å². The number of nitrogens with zero attached hydrogens (tertiary/aromatic N) is 1. The summed E-state index contributed by atoms with van der Waals surface area (Å²) in [6.07, 6.45) is 2.57. The first-order chi connectivity index (χ1) is 20.7. The average Bonchev–Trinajstić information content (AvgIpc) is 3.43. The molecule has 2 aliphatic heterocycles. The number of aromatic hydroxyl groups is 1. The highest BCUT2D eigenvalue weighted by molar-refractivity contribution is 6.13. The Morgan fingerprint density at radius 3 is 2.42 bits per heavy atom. The van der Waals surface area contributed by atoms with Gasteiger partial charge in [0.1, 0.15) is 0 Å². The smallest absolute Gasteiger partial charge is 0.260 e. The fourth-order valence-electron chi connectivity index (χ4n) is 7.91. The van der Waals surface area contributed by atoms with Crippen molar-refractivity contribution >= 4 is 29.3 Å². The largest absolute Gasteiger partial charge is 0.504 e. The lowest BCUT2D eigenvalue weighted by Crippen LogP contribution is -2.53. The van der Waals surface area contributed by atoms with Gasteiger partial charge in [0, 0.05) is 5.92 Å². The number of phenols is 1. The number of amides is 4.